The minimum atomic E-state index is -1.01. The second-order valence-electron chi connectivity index (χ2n) is 8.63. The fourth-order valence-corrected chi connectivity index (χ4v) is 14.4. The van der Waals surface area contributed by atoms with E-state index in [1.54, 1.807) is 21.9 Å². The Balaban J connectivity index is 0.00000144. The second kappa shape index (κ2) is 7.33. The molecule has 0 amide bonds. The maximum atomic E-state index is 2.72. The van der Waals surface area contributed by atoms with Crippen LogP contribution in [0.25, 0.3) is 0 Å². The van der Waals surface area contributed by atoms with E-state index in [4.69, 9.17) is 0 Å². The molecule has 4 heteroatoms. The molecule has 0 nitrogen and oxygen atoms in total. The Bertz CT molecular complexity index is 651. The molecule has 2 aliphatic carbocycles. The molecular formula is C20H30Cl2HfSi. The van der Waals surface area contributed by atoms with Crippen molar-refractivity contribution < 1.29 is 47.7 Å². The zero-order chi connectivity index (χ0) is 16.3. The van der Waals surface area contributed by atoms with E-state index in [9.17, 15) is 0 Å². The van der Waals surface area contributed by atoms with Crippen LogP contribution < -0.4 is 24.8 Å². The average molecular weight is 548 g/mol. The van der Waals surface area contributed by atoms with Gasteiger partial charge in [-0.25, -0.2) is 0 Å². The van der Waals surface area contributed by atoms with E-state index < -0.39 is 31.0 Å². The van der Waals surface area contributed by atoms with Crippen LogP contribution in [0.1, 0.15) is 48.0 Å². The zero-order valence-corrected chi connectivity index (χ0v) is 22.2. The molecule has 1 unspecified atom stereocenters. The maximum absolute atomic E-state index is 2.72. The standard InChI is InChI=1S/C10H15Si.C10H15.2ClH.Hf/c1-9-4-5-10(8-9)11(2)6-3-7-11;1-7-6-10(4,5)9(3)8(7)2;;;/h4-5,8H,3,6-7H2,1-2H3;1-5H3;2*1H;/q;;;;+2/p-2. The van der Waals surface area contributed by atoms with Crippen molar-refractivity contribution in [2.45, 2.75) is 69.8 Å². The average Bonchev–Trinajstić information content (AvgIpc) is 2.87. The van der Waals surface area contributed by atoms with Crippen LogP contribution in [-0.4, -0.2) is 8.07 Å². The molecule has 0 N–H and O–H groups in total. The van der Waals surface area contributed by atoms with Gasteiger partial charge in [0.05, 0.1) is 0 Å². The van der Waals surface area contributed by atoms with Crippen LogP contribution in [0.2, 0.25) is 21.8 Å². The maximum Gasteiger partial charge on any atom is -1.00 e. The summed E-state index contributed by atoms with van der Waals surface area (Å²) in [5.74, 6) is 0. The Morgan fingerprint density at radius 2 is 1.58 bits per heavy atom. The van der Waals surface area contributed by atoms with Crippen LogP contribution in [0, 0.1) is 5.41 Å². The molecule has 0 aromatic rings. The van der Waals surface area contributed by atoms with Gasteiger partial charge >= 0.3 is 150 Å². The number of halogens is 2. The monoisotopic (exact) mass is 548 g/mol. The molecule has 1 heterocycles. The van der Waals surface area contributed by atoms with Gasteiger partial charge in [-0.3, -0.25) is 0 Å². The molecule has 1 atom stereocenters. The SMILES string of the molecule is CC1=C(C)C(C)(C)[C]([Hf+2][C]2(C)C=CC([Si]3(C)CCC3)=C2)=C1C.[Cl-].[Cl-]. The van der Waals surface area contributed by atoms with Crippen molar-refractivity contribution in [2.75, 3.05) is 0 Å². The van der Waals surface area contributed by atoms with Crippen molar-refractivity contribution in [3.63, 3.8) is 0 Å². The fourth-order valence-electron chi connectivity index (χ4n) is 4.24. The van der Waals surface area contributed by atoms with Crippen molar-refractivity contribution in [1.82, 2.24) is 0 Å². The summed E-state index contributed by atoms with van der Waals surface area (Å²) >= 11 is -0.928. The van der Waals surface area contributed by atoms with Crippen molar-refractivity contribution >= 4 is 8.07 Å². The summed E-state index contributed by atoms with van der Waals surface area (Å²) in [5.41, 5.74) is 5.14. The molecule has 0 aromatic carbocycles. The summed E-state index contributed by atoms with van der Waals surface area (Å²) in [4.78, 5) is 0. The van der Waals surface area contributed by atoms with Gasteiger partial charge in [-0.15, -0.1) is 0 Å². The largest absolute Gasteiger partial charge is 1.00 e. The van der Waals surface area contributed by atoms with Crippen LogP contribution in [0.3, 0.4) is 0 Å². The summed E-state index contributed by atoms with van der Waals surface area (Å²) < 4.78 is 2.28. The van der Waals surface area contributed by atoms with Crippen LogP contribution in [-0.2, 0) is 22.9 Å². The van der Waals surface area contributed by atoms with E-state index in [2.05, 4.69) is 66.3 Å². The van der Waals surface area contributed by atoms with Crippen LogP contribution in [0.4, 0.5) is 0 Å². The first-order valence-electron chi connectivity index (χ1n) is 8.70. The van der Waals surface area contributed by atoms with Crippen LogP contribution in [0.5, 0.6) is 0 Å². The Kier molecular flexibility index (Phi) is 6.92. The zero-order valence-electron chi connectivity index (χ0n) is 16.1. The van der Waals surface area contributed by atoms with Crippen molar-refractivity contribution in [3.05, 3.63) is 43.5 Å². The van der Waals surface area contributed by atoms with Crippen LogP contribution in [0.15, 0.2) is 43.5 Å². The van der Waals surface area contributed by atoms with Gasteiger partial charge in [0.25, 0.3) is 0 Å². The summed E-state index contributed by atoms with van der Waals surface area (Å²) in [7, 11) is -1.01. The third-order valence-corrected chi connectivity index (χ3v) is 18.8. The Hall–Kier alpha value is 0.627. The fraction of sp³-hybridized carbons (Fsp3) is 0.600. The molecule has 0 saturated carbocycles. The molecule has 3 rings (SSSR count). The number of hydrogen-bond acceptors (Lipinski definition) is 0. The van der Waals surface area contributed by atoms with Crippen molar-refractivity contribution in [1.29, 1.82) is 0 Å². The second-order valence-corrected chi connectivity index (χ2v) is 19.9. The van der Waals surface area contributed by atoms with Gasteiger partial charge in [-0.1, -0.05) is 0 Å². The minimum absolute atomic E-state index is 0. The van der Waals surface area contributed by atoms with E-state index in [0.717, 1.165) is 0 Å². The molecule has 3 aliphatic rings. The first-order chi connectivity index (χ1) is 10.1. The molecule has 0 bridgehead atoms. The molecule has 1 fully saturated rings. The van der Waals surface area contributed by atoms with Gasteiger partial charge in [0.15, 0.2) is 0 Å². The number of hydrogen-bond donors (Lipinski definition) is 0. The number of allylic oxidation sites excluding steroid dienone is 8. The van der Waals surface area contributed by atoms with Gasteiger partial charge < -0.3 is 24.8 Å². The molecule has 24 heavy (non-hydrogen) atoms. The number of rotatable bonds is 3. The summed E-state index contributed by atoms with van der Waals surface area (Å²) in [6, 6.07) is 3.06. The van der Waals surface area contributed by atoms with Crippen molar-refractivity contribution in [2.24, 2.45) is 5.41 Å². The Morgan fingerprint density at radius 3 is 2.00 bits per heavy atom. The molecular weight excluding hydrogens is 518 g/mol. The molecule has 1 saturated heterocycles. The third-order valence-electron chi connectivity index (χ3n) is 6.68. The predicted molar refractivity (Wildman–Crippen MR) is 96.3 cm³/mol. The molecule has 0 radical (unpaired) electrons. The van der Waals surface area contributed by atoms with Crippen molar-refractivity contribution in [3.8, 4) is 0 Å². The quantitative estimate of drug-likeness (QED) is 0.450. The van der Waals surface area contributed by atoms with E-state index in [-0.39, 0.29) is 24.8 Å². The van der Waals surface area contributed by atoms with Gasteiger partial charge in [-0.2, -0.15) is 0 Å². The summed E-state index contributed by atoms with van der Waals surface area (Å²) in [6.07, 6.45) is 9.32. The van der Waals surface area contributed by atoms with E-state index in [1.165, 1.54) is 18.5 Å². The summed E-state index contributed by atoms with van der Waals surface area (Å²) in [6.45, 7) is 17.1. The first-order valence-corrected chi connectivity index (χ1v) is 15.2. The van der Waals surface area contributed by atoms with E-state index >= 15 is 0 Å². The Labute approximate surface area is 173 Å². The molecule has 132 valence electrons. The molecule has 0 aromatic heterocycles. The van der Waals surface area contributed by atoms with Gasteiger partial charge in [0.1, 0.15) is 0 Å². The third kappa shape index (κ3) is 3.55. The topological polar surface area (TPSA) is 0 Å². The normalized spacial score (nSPS) is 29.5. The van der Waals surface area contributed by atoms with E-state index in [1.807, 2.05) is 3.33 Å². The first kappa shape index (κ1) is 22.7. The van der Waals surface area contributed by atoms with Gasteiger partial charge in [0.2, 0.25) is 0 Å². The van der Waals surface area contributed by atoms with Gasteiger partial charge in [0, 0.05) is 0 Å². The Morgan fingerprint density at radius 1 is 1.00 bits per heavy atom. The minimum Gasteiger partial charge on any atom is -1.00 e. The smallest absolute Gasteiger partial charge is 1.00 e. The summed E-state index contributed by atoms with van der Waals surface area (Å²) in [5, 5.41) is 1.78. The molecule has 0 spiro atoms. The van der Waals surface area contributed by atoms with E-state index in [0.29, 0.717) is 8.59 Å². The van der Waals surface area contributed by atoms with Gasteiger partial charge in [-0.05, 0) is 0 Å². The molecule has 1 aliphatic heterocycles. The predicted octanol–water partition coefficient (Wildman–Crippen LogP) is 0.423. The van der Waals surface area contributed by atoms with Crippen LogP contribution >= 0.6 is 0 Å².